The number of hydrogen-bond acceptors (Lipinski definition) is 6. The molecule has 1 aromatic carbocycles. The van der Waals surface area contributed by atoms with Crippen LogP contribution in [0, 0.1) is 0 Å². The molecule has 2 heterocycles. The SMILES string of the molecule is NC/C(=C\F)Cn1ncn(-c2cc(-c3ccc(C[SH](=O)=O)cc3)ccn2)c1=O. The molecule has 0 saturated carbocycles. The third kappa shape index (κ3) is 4.41. The average molecular weight is 403 g/mol. The summed E-state index contributed by atoms with van der Waals surface area (Å²) in [6, 6.07) is 10.6. The summed E-state index contributed by atoms with van der Waals surface area (Å²) < 4.78 is 36.7. The molecule has 0 atom stereocenters. The monoisotopic (exact) mass is 403 g/mol. The van der Waals surface area contributed by atoms with Crippen LogP contribution < -0.4 is 11.4 Å². The van der Waals surface area contributed by atoms with Crippen LogP contribution in [0.5, 0.6) is 0 Å². The molecule has 0 radical (unpaired) electrons. The third-order valence-corrected chi connectivity index (χ3v) is 4.72. The van der Waals surface area contributed by atoms with Gasteiger partial charge >= 0.3 is 5.69 Å². The van der Waals surface area contributed by atoms with Gasteiger partial charge < -0.3 is 5.73 Å². The summed E-state index contributed by atoms with van der Waals surface area (Å²) in [5.41, 5.74) is 7.54. The predicted octanol–water partition coefficient (Wildman–Crippen LogP) is 1.02. The zero-order valence-electron chi connectivity index (χ0n) is 14.7. The molecule has 10 heteroatoms. The number of benzene rings is 1. The van der Waals surface area contributed by atoms with Crippen molar-refractivity contribution in [1.29, 1.82) is 0 Å². The molecular formula is C18H18FN5O3S. The van der Waals surface area contributed by atoms with Crippen molar-refractivity contribution < 1.29 is 12.8 Å². The van der Waals surface area contributed by atoms with Crippen LogP contribution in [0.2, 0.25) is 0 Å². The van der Waals surface area contributed by atoms with Crippen molar-refractivity contribution in [2.75, 3.05) is 6.54 Å². The Morgan fingerprint density at radius 2 is 1.93 bits per heavy atom. The van der Waals surface area contributed by atoms with Crippen LogP contribution >= 0.6 is 0 Å². The summed E-state index contributed by atoms with van der Waals surface area (Å²) in [4.78, 5) is 16.7. The topological polar surface area (TPSA) is 113 Å². The Morgan fingerprint density at radius 1 is 1.18 bits per heavy atom. The molecule has 0 unspecified atom stereocenters. The van der Waals surface area contributed by atoms with Gasteiger partial charge in [-0.05, 0) is 34.4 Å². The molecule has 8 nitrogen and oxygen atoms in total. The van der Waals surface area contributed by atoms with E-state index in [1.807, 2.05) is 0 Å². The maximum absolute atomic E-state index is 12.7. The number of thiol groups is 1. The summed E-state index contributed by atoms with van der Waals surface area (Å²) in [7, 11) is -2.48. The molecule has 2 aromatic heterocycles. The van der Waals surface area contributed by atoms with E-state index in [0.29, 0.717) is 17.7 Å². The number of nitrogens with zero attached hydrogens (tertiary/aromatic N) is 4. The summed E-state index contributed by atoms with van der Waals surface area (Å²) in [5, 5.41) is 3.98. The number of halogens is 1. The van der Waals surface area contributed by atoms with Gasteiger partial charge in [-0.1, -0.05) is 24.3 Å². The lowest BCUT2D eigenvalue weighted by Crippen LogP contribution is -2.26. The largest absolute Gasteiger partial charge is 0.351 e. The Morgan fingerprint density at radius 3 is 2.57 bits per heavy atom. The second-order valence-corrected chi connectivity index (χ2v) is 6.98. The number of aromatic nitrogens is 4. The van der Waals surface area contributed by atoms with E-state index in [9.17, 15) is 17.6 Å². The van der Waals surface area contributed by atoms with Gasteiger partial charge in [-0.2, -0.15) is 5.10 Å². The quantitative estimate of drug-likeness (QED) is 0.570. The molecule has 146 valence electrons. The molecule has 2 N–H and O–H groups in total. The molecule has 3 aromatic rings. The Hall–Kier alpha value is -3.11. The number of nitrogens with two attached hydrogens (primary N) is 1. The van der Waals surface area contributed by atoms with Crippen molar-refractivity contribution in [3.05, 3.63) is 76.9 Å². The standard InChI is InChI=1S/C18H18FN5O3S/c19-8-14(9-20)10-24-18(25)23(12-22-24)17-7-16(5-6-21-17)15-3-1-13(2-4-15)11-28(26)27/h1-8,12,28H,9-11,20H2/b14-8+. The lowest BCUT2D eigenvalue weighted by Gasteiger charge is -2.06. The second-order valence-electron chi connectivity index (χ2n) is 6.00. The van der Waals surface area contributed by atoms with Crippen LogP contribution in [-0.2, 0) is 23.0 Å². The van der Waals surface area contributed by atoms with E-state index < -0.39 is 16.4 Å². The molecule has 0 fully saturated rings. The van der Waals surface area contributed by atoms with E-state index in [-0.39, 0.29) is 24.4 Å². The Bertz CT molecular complexity index is 1120. The minimum absolute atomic E-state index is 0.0100. The fraction of sp³-hybridized carbons (Fsp3) is 0.167. The highest BCUT2D eigenvalue weighted by Crippen LogP contribution is 2.21. The summed E-state index contributed by atoms with van der Waals surface area (Å²) in [6.07, 6.45) is 3.25. The molecule has 0 aliphatic heterocycles. The number of pyridine rings is 1. The first kappa shape index (κ1) is 19.6. The number of rotatable bonds is 7. The van der Waals surface area contributed by atoms with E-state index in [2.05, 4.69) is 10.1 Å². The molecule has 0 spiro atoms. The minimum Gasteiger partial charge on any atom is -0.327 e. The van der Waals surface area contributed by atoms with Crippen molar-refractivity contribution in [3.63, 3.8) is 0 Å². The van der Waals surface area contributed by atoms with Crippen LogP contribution in [-0.4, -0.2) is 34.3 Å². The average Bonchev–Trinajstić information content (AvgIpc) is 3.06. The van der Waals surface area contributed by atoms with Gasteiger partial charge in [-0.25, -0.2) is 31.8 Å². The van der Waals surface area contributed by atoms with Crippen LogP contribution in [0.15, 0.2) is 65.6 Å². The zero-order valence-corrected chi connectivity index (χ0v) is 15.6. The molecule has 0 saturated heterocycles. The van der Waals surface area contributed by atoms with Gasteiger partial charge in [0.15, 0.2) is 0 Å². The van der Waals surface area contributed by atoms with Gasteiger partial charge in [-0.15, -0.1) is 0 Å². The first-order valence-corrected chi connectivity index (χ1v) is 9.68. The maximum atomic E-state index is 12.7. The highest BCUT2D eigenvalue weighted by molar-refractivity contribution is 7.71. The van der Waals surface area contributed by atoms with Crippen molar-refractivity contribution in [1.82, 2.24) is 19.3 Å². The van der Waals surface area contributed by atoms with Crippen molar-refractivity contribution in [3.8, 4) is 16.9 Å². The van der Waals surface area contributed by atoms with E-state index in [4.69, 9.17) is 5.73 Å². The van der Waals surface area contributed by atoms with Gasteiger partial charge in [0, 0.05) is 12.7 Å². The maximum Gasteiger partial charge on any atom is 0.351 e. The van der Waals surface area contributed by atoms with Crippen molar-refractivity contribution in [2.45, 2.75) is 12.3 Å². The molecule has 28 heavy (non-hydrogen) atoms. The molecule has 3 rings (SSSR count). The normalized spacial score (nSPS) is 11.9. The molecule has 0 aliphatic carbocycles. The molecule has 0 bridgehead atoms. The lowest BCUT2D eigenvalue weighted by atomic mass is 10.1. The van der Waals surface area contributed by atoms with Crippen molar-refractivity contribution >= 4 is 10.7 Å². The van der Waals surface area contributed by atoms with Crippen molar-refractivity contribution in [2.24, 2.45) is 5.73 Å². The fourth-order valence-corrected chi connectivity index (χ4v) is 3.13. The highest BCUT2D eigenvalue weighted by atomic mass is 32.2. The molecular weight excluding hydrogens is 385 g/mol. The summed E-state index contributed by atoms with van der Waals surface area (Å²) in [6.45, 7) is -0.0535. The third-order valence-electron chi connectivity index (χ3n) is 4.09. The van der Waals surface area contributed by atoms with E-state index in [1.54, 1.807) is 42.6 Å². The Labute approximate surface area is 161 Å². The van der Waals surface area contributed by atoms with Crippen LogP contribution in [0.4, 0.5) is 4.39 Å². The van der Waals surface area contributed by atoms with Crippen LogP contribution in [0.25, 0.3) is 16.9 Å². The van der Waals surface area contributed by atoms with Gasteiger partial charge in [0.2, 0.25) is 0 Å². The second kappa shape index (κ2) is 8.72. The van der Waals surface area contributed by atoms with Gasteiger partial charge in [0.05, 0.1) is 18.6 Å². The molecule has 0 amide bonds. The van der Waals surface area contributed by atoms with E-state index in [1.165, 1.54) is 10.9 Å². The smallest absolute Gasteiger partial charge is 0.327 e. The van der Waals surface area contributed by atoms with E-state index in [0.717, 1.165) is 15.8 Å². The zero-order chi connectivity index (χ0) is 20.1. The first-order valence-electron chi connectivity index (χ1n) is 8.32. The minimum atomic E-state index is -2.48. The number of hydrogen-bond donors (Lipinski definition) is 2. The fourth-order valence-electron chi connectivity index (χ4n) is 2.62. The Balaban J connectivity index is 1.90. The first-order chi connectivity index (χ1) is 13.5. The highest BCUT2D eigenvalue weighted by Gasteiger charge is 2.10. The summed E-state index contributed by atoms with van der Waals surface area (Å²) >= 11 is 0. The summed E-state index contributed by atoms with van der Waals surface area (Å²) in [5.74, 6) is 0.350. The predicted molar refractivity (Wildman–Crippen MR) is 103 cm³/mol. The van der Waals surface area contributed by atoms with E-state index >= 15 is 0 Å². The van der Waals surface area contributed by atoms with Gasteiger partial charge in [0.25, 0.3) is 0 Å². The van der Waals surface area contributed by atoms with Crippen LogP contribution in [0.3, 0.4) is 0 Å². The lowest BCUT2D eigenvalue weighted by molar-refractivity contribution is 0.612. The van der Waals surface area contributed by atoms with Crippen LogP contribution in [0.1, 0.15) is 5.56 Å². The Kier molecular flexibility index (Phi) is 6.12. The van der Waals surface area contributed by atoms with Gasteiger partial charge in [0.1, 0.15) is 22.8 Å². The molecule has 0 aliphatic rings. The van der Waals surface area contributed by atoms with Gasteiger partial charge in [-0.3, -0.25) is 0 Å².